The second-order valence-corrected chi connectivity index (χ2v) is 5.72. The summed E-state index contributed by atoms with van der Waals surface area (Å²) in [6, 6.07) is 12.1. The lowest BCUT2D eigenvalue weighted by atomic mass is 10.1. The maximum atomic E-state index is 11.0. The topological polar surface area (TPSA) is 89.1 Å². The number of carboxylic acids is 1. The number of carboxylic acid groups (broad SMARTS) is 1. The molecule has 0 radical (unpaired) electrons. The molecule has 0 atom stereocenters. The zero-order valence-electron chi connectivity index (χ0n) is 11.6. The van der Waals surface area contributed by atoms with Crippen LogP contribution >= 0.6 is 11.3 Å². The molecule has 2 aromatic carbocycles. The van der Waals surface area contributed by atoms with Crippen molar-refractivity contribution in [3.63, 3.8) is 0 Å². The quantitative estimate of drug-likeness (QED) is 0.618. The number of fused-ring (bicyclic) bond motifs is 1. The van der Waals surface area contributed by atoms with E-state index in [1.165, 1.54) is 23.5 Å². The minimum absolute atomic E-state index is 0.174. The molecule has 23 heavy (non-hydrogen) atoms. The van der Waals surface area contributed by atoms with Gasteiger partial charge in [0.05, 0.1) is 21.3 Å². The number of benzene rings is 2. The lowest BCUT2D eigenvalue weighted by Gasteiger charge is -1.97. The van der Waals surface area contributed by atoms with Crippen molar-refractivity contribution in [2.75, 3.05) is 0 Å². The van der Waals surface area contributed by atoms with Gasteiger partial charge in [0.2, 0.25) is 11.8 Å². The lowest BCUT2D eigenvalue weighted by Crippen LogP contribution is -1.95. The first-order valence-corrected chi connectivity index (χ1v) is 7.59. The highest BCUT2D eigenvalue weighted by Crippen LogP contribution is 2.28. The molecule has 4 aromatic rings. The van der Waals surface area contributed by atoms with Gasteiger partial charge in [-0.05, 0) is 36.4 Å². The molecule has 0 aliphatic rings. The van der Waals surface area contributed by atoms with Crippen molar-refractivity contribution < 1.29 is 14.3 Å². The van der Waals surface area contributed by atoms with Crippen molar-refractivity contribution >= 4 is 27.5 Å². The Hall–Kier alpha value is -3.06. The monoisotopic (exact) mass is 323 g/mol. The molecule has 0 saturated heterocycles. The Balaban J connectivity index is 1.73. The van der Waals surface area contributed by atoms with Crippen LogP contribution in [0.1, 0.15) is 10.4 Å². The molecule has 1 N–H and O–H groups in total. The van der Waals surface area contributed by atoms with E-state index in [1.54, 1.807) is 17.6 Å². The van der Waals surface area contributed by atoms with E-state index in [0.717, 1.165) is 15.8 Å². The minimum Gasteiger partial charge on any atom is -0.478 e. The zero-order valence-corrected chi connectivity index (χ0v) is 12.4. The van der Waals surface area contributed by atoms with Crippen LogP contribution in [-0.4, -0.2) is 26.3 Å². The van der Waals surface area contributed by atoms with E-state index in [0.29, 0.717) is 11.5 Å². The third-order valence-electron chi connectivity index (χ3n) is 3.36. The highest BCUT2D eigenvalue weighted by Gasteiger charge is 2.13. The SMILES string of the molecule is O=C(O)c1cccc(-c2nnc(-c3ccc4ncsc4c3)o2)c1. The van der Waals surface area contributed by atoms with Crippen molar-refractivity contribution in [1.29, 1.82) is 0 Å². The molecule has 7 heteroatoms. The number of rotatable bonds is 3. The molecule has 0 unspecified atom stereocenters. The van der Waals surface area contributed by atoms with Crippen molar-refractivity contribution in [3.8, 4) is 22.9 Å². The number of hydrogen-bond donors (Lipinski definition) is 1. The predicted octanol–water partition coefficient (Wildman–Crippen LogP) is 3.71. The van der Waals surface area contributed by atoms with Crippen LogP contribution < -0.4 is 0 Å². The van der Waals surface area contributed by atoms with E-state index in [9.17, 15) is 4.79 Å². The molecule has 0 fully saturated rings. The molecule has 2 aromatic heterocycles. The zero-order chi connectivity index (χ0) is 15.8. The van der Waals surface area contributed by atoms with Crippen molar-refractivity contribution in [2.45, 2.75) is 0 Å². The standard InChI is InChI=1S/C16H9N3O3S/c20-16(21)11-3-1-2-9(6-11)14-18-19-15(22-14)10-4-5-12-13(7-10)23-8-17-12/h1-8H,(H,20,21). The first kappa shape index (κ1) is 13.6. The first-order valence-electron chi connectivity index (χ1n) is 6.71. The van der Waals surface area contributed by atoms with Gasteiger partial charge in [0.15, 0.2) is 0 Å². The summed E-state index contributed by atoms with van der Waals surface area (Å²) >= 11 is 1.54. The fourth-order valence-electron chi connectivity index (χ4n) is 2.23. The molecule has 112 valence electrons. The van der Waals surface area contributed by atoms with Gasteiger partial charge in [-0.25, -0.2) is 9.78 Å². The first-order chi connectivity index (χ1) is 11.2. The maximum Gasteiger partial charge on any atom is 0.335 e. The van der Waals surface area contributed by atoms with Crippen LogP contribution in [0.15, 0.2) is 52.4 Å². The Kier molecular flexibility index (Phi) is 3.13. The van der Waals surface area contributed by atoms with Crippen molar-refractivity contribution in [3.05, 3.63) is 53.5 Å². The van der Waals surface area contributed by atoms with Gasteiger partial charge in [0.1, 0.15) is 0 Å². The number of nitrogens with zero attached hydrogens (tertiary/aromatic N) is 3. The van der Waals surface area contributed by atoms with E-state index in [-0.39, 0.29) is 11.5 Å². The van der Waals surface area contributed by atoms with E-state index < -0.39 is 5.97 Å². The maximum absolute atomic E-state index is 11.0. The van der Waals surface area contributed by atoms with Crippen LogP contribution in [-0.2, 0) is 0 Å². The predicted molar refractivity (Wildman–Crippen MR) is 85.3 cm³/mol. The van der Waals surface area contributed by atoms with Gasteiger partial charge >= 0.3 is 5.97 Å². The summed E-state index contributed by atoms with van der Waals surface area (Å²) in [5, 5.41) is 17.1. The minimum atomic E-state index is -0.998. The van der Waals surface area contributed by atoms with Crippen molar-refractivity contribution in [2.24, 2.45) is 0 Å². The fourth-order valence-corrected chi connectivity index (χ4v) is 2.95. The summed E-state index contributed by atoms with van der Waals surface area (Å²) in [6.45, 7) is 0. The summed E-state index contributed by atoms with van der Waals surface area (Å²) in [5.41, 5.74) is 4.25. The summed E-state index contributed by atoms with van der Waals surface area (Å²) in [4.78, 5) is 15.3. The number of aromatic nitrogens is 3. The number of thiazole rings is 1. The highest BCUT2D eigenvalue weighted by atomic mass is 32.1. The average molecular weight is 323 g/mol. The molecule has 4 rings (SSSR count). The highest BCUT2D eigenvalue weighted by molar-refractivity contribution is 7.16. The van der Waals surface area contributed by atoms with Gasteiger partial charge in [-0.15, -0.1) is 21.5 Å². The van der Waals surface area contributed by atoms with Crippen LogP contribution in [0.3, 0.4) is 0 Å². The summed E-state index contributed by atoms with van der Waals surface area (Å²) in [5.74, 6) is -0.328. The van der Waals surface area contributed by atoms with E-state index in [2.05, 4.69) is 15.2 Å². The lowest BCUT2D eigenvalue weighted by molar-refractivity contribution is 0.0697. The summed E-state index contributed by atoms with van der Waals surface area (Å²) < 4.78 is 6.72. The largest absolute Gasteiger partial charge is 0.478 e. The Morgan fingerprint density at radius 1 is 1.04 bits per heavy atom. The van der Waals surface area contributed by atoms with Gasteiger partial charge < -0.3 is 9.52 Å². The second kappa shape index (κ2) is 5.29. The Bertz CT molecular complexity index is 1020. The van der Waals surface area contributed by atoms with Crippen LogP contribution in [0, 0.1) is 0 Å². The average Bonchev–Trinajstić information content (AvgIpc) is 3.23. The van der Waals surface area contributed by atoms with Gasteiger partial charge in [-0.1, -0.05) is 6.07 Å². The fraction of sp³-hybridized carbons (Fsp3) is 0. The normalized spacial score (nSPS) is 11.0. The van der Waals surface area contributed by atoms with Gasteiger partial charge in [-0.3, -0.25) is 0 Å². The Labute approximate surface area is 134 Å². The molecule has 0 amide bonds. The Morgan fingerprint density at radius 2 is 1.83 bits per heavy atom. The van der Waals surface area contributed by atoms with E-state index >= 15 is 0 Å². The van der Waals surface area contributed by atoms with Crippen LogP contribution in [0.2, 0.25) is 0 Å². The van der Waals surface area contributed by atoms with E-state index in [1.807, 2.05) is 18.2 Å². The molecule has 6 nitrogen and oxygen atoms in total. The molecule has 0 bridgehead atoms. The number of hydrogen-bond acceptors (Lipinski definition) is 6. The van der Waals surface area contributed by atoms with Crippen LogP contribution in [0.25, 0.3) is 33.1 Å². The van der Waals surface area contributed by atoms with Gasteiger partial charge in [0, 0.05) is 11.1 Å². The third kappa shape index (κ3) is 2.47. The number of aromatic carboxylic acids is 1. The molecular weight excluding hydrogens is 314 g/mol. The molecule has 0 saturated carbocycles. The van der Waals surface area contributed by atoms with Gasteiger partial charge in [-0.2, -0.15) is 0 Å². The molecule has 0 spiro atoms. The number of carbonyl (C=O) groups is 1. The van der Waals surface area contributed by atoms with Crippen LogP contribution in [0.4, 0.5) is 0 Å². The van der Waals surface area contributed by atoms with Crippen LogP contribution in [0.5, 0.6) is 0 Å². The Morgan fingerprint density at radius 3 is 2.61 bits per heavy atom. The molecular formula is C16H9N3O3S. The molecule has 0 aliphatic heterocycles. The molecule has 2 heterocycles. The second-order valence-electron chi connectivity index (χ2n) is 4.83. The smallest absolute Gasteiger partial charge is 0.335 e. The van der Waals surface area contributed by atoms with E-state index in [4.69, 9.17) is 9.52 Å². The molecule has 0 aliphatic carbocycles. The third-order valence-corrected chi connectivity index (χ3v) is 4.15. The van der Waals surface area contributed by atoms with Crippen molar-refractivity contribution in [1.82, 2.24) is 15.2 Å². The van der Waals surface area contributed by atoms with Gasteiger partial charge in [0.25, 0.3) is 0 Å². The summed E-state index contributed by atoms with van der Waals surface area (Å²) in [7, 11) is 0. The summed E-state index contributed by atoms with van der Waals surface area (Å²) in [6.07, 6.45) is 0.